The van der Waals surface area contributed by atoms with E-state index in [2.05, 4.69) is 25.6 Å². The summed E-state index contributed by atoms with van der Waals surface area (Å²) in [6.45, 7) is 7.43. The van der Waals surface area contributed by atoms with E-state index in [0.29, 0.717) is 19.6 Å². The molecule has 27 heavy (non-hydrogen) atoms. The Hall–Kier alpha value is -2.40. The average molecular weight is 383 g/mol. The molecule has 142 valence electrons. The summed E-state index contributed by atoms with van der Waals surface area (Å²) in [5.74, 6) is 0.149. The van der Waals surface area contributed by atoms with Gasteiger partial charge in [0.15, 0.2) is 0 Å². The largest absolute Gasteiger partial charge is 0.332 e. The smallest absolute Gasteiger partial charge is 0.242 e. The van der Waals surface area contributed by atoms with E-state index >= 15 is 0 Å². The van der Waals surface area contributed by atoms with Gasteiger partial charge in [0.1, 0.15) is 6.54 Å². The predicted octanol–water partition coefficient (Wildman–Crippen LogP) is 4.01. The molecule has 1 aromatic carbocycles. The normalized spacial score (nSPS) is 13.2. The van der Waals surface area contributed by atoms with Crippen LogP contribution in [0.2, 0.25) is 0 Å². The van der Waals surface area contributed by atoms with Crippen LogP contribution in [0.4, 0.5) is 0 Å². The van der Waals surface area contributed by atoms with Gasteiger partial charge in [-0.15, -0.1) is 17.9 Å². The molecular weight excluding hydrogens is 356 g/mol. The van der Waals surface area contributed by atoms with Gasteiger partial charge in [-0.3, -0.25) is 9.59 Å². The van der Waals surface area contributed by atoms with Crippen LogP contribution in [-0.2, 0) is 22.7 Å². The van der Waals surface area contributed by atoms with E-state index in [1.54, 1.807) is 22.3 Å². The van der Waals surface area contributed by atoms with Gasteiger partial charge < -0.3 is 9.80 Å². The number of carbonyl (C=O) groups excluding carboxylic acids is 2. The van der Waals surface area contributed by atoms with E-state index in [-0.39, 0.29) is 24.3 Å². The highest BCUT2D eigenvalue weighted by Crippen LogP contribution is 2.31. The van der Waals surface area contributed by atoms with E-state index in [0.717, 1.165) is 23.3 Å². The maximum atomic E-state index is 13.1. The lowest BCUT2D eigenvalue weighted by Gasteiger charge is -2.27. The van der Waals surface area contributed by atoms with Crippen molar-refractivity contribution in [1.29, 1.82) is 0 Å². The fraction of sp³-hybridized carbons (Fsp3) is 0.364. The van der Waals surface area contributed by atoms with Gasteiger partial charge in [0.05, 0.1) is 6.54 Å². The van der Waals surface area contributed by atoms with Gasteiger partial charge in [0.2, 0.25) is 11.8 Å². The van der Waals surface area contributed by atoms with Crippen LogP contribution < -0.4 is 0 Å². The number of hydrogen-bond acceptors (Lipinski definition) is 3. The highest BCUT2D eigenvalue weighted by atomic mass is 32.1. The molecule has 0 N–H and O–H groups in total. The van der Waals surface area contributed by atoms with Crippen molar-refractivity contribution in [3.63, 3.8) is 0 Å². The van der Waals surface area contributed by atoms with Crippen molar-refractivity contribution < 1.29 is 9.59 Å². The Bertz CT molecular complexity index is 796. The Balaban J connectivity index is 1.73. The first-order valence-corrected chi connectivity index (χ1v) is 10.1. The van der Waals surface area contributed by atoms with Gasteiger partial charge >= 0.3 is 0 Å². The molecule has 2 aromatic rings. The lowest BCUT2D eigenvalue weighted by Crippen LogP contribution is -2.43. The van der Waals surface area contributed by atoms with Gasteiger partial charge in [-0.2, -0.15) is 0 Å². The molecule has 0 aliphatic heterocycles. The topological polar surface area (TPSA) is 40.6 Å². The Labute approximate surface area is 165 Å². The van der Waals surface area contributed by atoms with E-state index < -0.39 is 0 Å². The van der Waals surface area contributed by atoms with Crippen LogP contribution in [-0.4, -0.2) is 34.7 Å². The van der Waals surface area contributed by atoms with Crippen LogP contribution >= 0.6 is 11.3 Å². The predicted molar refractivity (Wildman–Crippen MR) is 109 cm³/mol. The lowest BCUT2D eigenvalue weighted by atomic mass is 10.2. The number of hydrogen-bond donors (Lipinski definition) is 0. The number of thiophene rings is 1. The van der Waals surface area contributed by atoms with Gasteiger partial charge in [-0.25, -0.2) is 0 Å². The number of carbonyl (C=O) groups is 2. The molecule has 1 fully saturated rings. The average Bonchev–Trinajstić information content (AvgIpc) is 3.43. The molecule has 0 atom stereocenters. The fourth-order valence-electron chi connectivity index (χ4n) is 3.03. The third-order valence-corrected chi connectivity index (χ3v) is 5.61. The van der Waals surface area contributed by atoms with Crippen molar-refractivity contribution in [2.75, 3.05) is 13.1 Å². The molecule has 1 aromatic heterocycles. The summed E-state index contributed by atoms with van der Waals surface area (Å²) < 4.78 is 0. The monoisotopic (exact) mass is 382 g/mol. The van der Waals surface area contributed by atoms with Gasteiger partial charge in [0, 0.05) is 28.8 Å². The highest BCUT2D eigenvalue weighted by molar-refractivity contribution is 7.11. The highest BCUT2D eigenvalue weighted by Gasteiger charge is 2.34. The minimum atomic E-state index is -0.0271. The van der Waals surface area contributed by atoms with Crippen LogP contribution in [0.15, 0.2) is 55.1 Å². The zero-order chi connectivity index (χ0) is 19.2. The lowest BCUT2D eigenvalue weighted by molar-refractivity contribution is -0.141. The van der Waals surface area contributed by atoms with Crippen molar-refractivity contribution >= 4 is 23.2 Å². The SMILES string of the molecule is C=CCN(CC(=O)N(Cc1ccccc1)Cc1ccc(C)s1)C(=O)C1CC1. The summed E-state index contributed by atoms with van der Waals surface area (Å²) in [4.78, 5) is 31.4. The second kappa shape index (κ2) is 9.00. The molecule has 3 rings (SSSR count). The van der Waals surface area contributed by atoms with Crippen molar-refractivity contribution in [3.05, 3.63) is 70.4 Å². The molecule has 0 unspecified atom stereocenters. The Morgan fingerprint density at radius 1 is 1.11 bits per heavy atom. The molecule has 1 heterocycles. The van der Waals surface area contributed by atoms with Gasteiger partial charge in [-0.1, -0.05) is 36.4 Å². The van der Waals surface area contributed by atoms with Crippen LogP contribution in [0.25, 0.3) is 0 Å². The van der Waals surface area contributed by atoms with Crippen LogP contribution in [0.3, 0.4) is 0 Å². The summed E-state index contributed by atoms with van der Waals surface area (Å²) in [5.41, 5.74) is 1.09. The standard InChI is InChI=1S/C22H26N2O2S/c1-3-13-23(22(26)19-10-11-19)16-21(25)24(14-18-7-5-4-6-8-18)15-20-12-9-17(2)27-20/h3-9,12,19H,1,10-11,13-16H2,2H3. The first-order chi connectivity index (χ1) is 13.1. The molecule has 1 saturated carbocycles. The van der Waals surface area contributed by atoms with Crippen molar-refractivity contribution in [1.82, 2.24) is 9.80 Å². The molecule has 5 heteroatoms. The summed E-state index contributed by atoms with van der Waals surface area (Å²) in [7, 11) is 0. The third kappa shape index (κ3) is 5.54. The van der Waals surface area contributed by atoms with Crippen molar-refractivity contribution in [2.45, 2.75) is 32.9 Å². The third-order valence-electron chi connectivity index (χ3n) is 4.63. The Morgan fingerprint density at radius 3 is 2.44 bits per heavy atom. The van der Waals surface area contributed by atoms with Gasteiger partial charge in [0.25, 0.3) is 0 Å². The first-order valence-electron chi connectivity index (χ1n) is 9.33. The summed E-state index contributed by atoms with van der Waals surface area (Å²) in [6.07, 6.45) is 3.56. The number of aryl methyl sites for hydroxylation is 1. The minimum absolute atomic E-state index is 0.0271. The molecule has 4 nitrogen and oxygen atoms in total. The summed E-state index contributed by atoms with van der Waals surface area (Å²) >= 11 is 1.70. The Morgan fingerprint density at radius 2 is 1.85 bits per heavy atom. The molecule has 0 saturated heterocycles. The van der Waals surface area contributed by atoms with E-state index in [4.69, 9.17) is 0 Å². The molecule has 1 aliphatic rings. The second-order valence-corrected chi connectivity index (χ2v) is 8.40. The van der Waals surface area contributed by atoms with Crippen molar-refractivity contribution in [3.8, 4) is 0 Å². The molecule has 1 aliphatic carbocycles. The molecule has 2 amide bonds. The quantitative estimate of drug-likeness (QED) is 0.615. The van der Waals surface area contributed by atoms with Crippen LogP contribution in [0, 0.1) is 12.8 Å². The molecule has 0 bridgehead atoms. The summed E-state index contributed by atoms with van der Waals surface area (Å²) in [5, 5.41) is 0. The zero-order valence-corrected chi connectivity index (χ0v) is 16.6. The zero-order valence-electron chi connectivity index (χ0n) is 15.8. The molecule has 0 spiro atoms. The van der Waals surface area contributed by atoms with Crippen molar-refractivity contribution in [2.24, 2.45) is 5.92 Å². The van der Waals surface area contributed by atoms with Gasteiger partial charge in [-0.05, 0) is 37.5 Å². The number of nitrogens with zero attached hydrogens (tertiary/aromatic N) is 2. The minimum Gasteiger partial charge on any atom is -0.332 e. The van der Waals surface area contributed by atoms with Crippen LogP contribution in [0.1, 0.15) is 28.2 Å². The second-order valence-electron chi connectivity index (χ2n) is 7.03. The summed E-state index contributed by atoms with van der Waals surface area (Å²) in [6, 6.07) is 14.1. The fourth-order valence-corrected chi connectivity index (χ4v) is 3.94. The first kappa shape index (κ1) is 19.4. The van der Waals surface area contributed by atoms with E-state index in [9.17, 15) is 9.59 Å². The van der Waals surface area contributed by atoms with E-state index in [1.807, 2.05) is 35.2 Å². The number of rotatable bonds is 9. The molecule has 0 radical (unpaired) electrons. The number of benzene rings is 1. The maximum Gasteiger partial charge on any atom is 0.242 e. The maximum absolute atomic E-state index is 13.1. The molecular formula is C22H26N2O2S. The van der Waals surface area contributed by atoms with E-state index in [1.165, 1.54) is 4.88 Å². The number of amides is 2. The Kier molecular flexibility index (Phi) is 6.45. The van der Waals surface area contributed by atoms with Crippen LogP contribution in [0.5, 0.6) is 0 Å².